The van der Waals surface area contributed by atoms with Gasteiger partial charge in [0.25, 0.3) is 0 Å². The Bertz CT molecular complexity index is 1930. The van der Waals surface area contributed by atoms with Crippen LogP contribution in [0.25, 0.3) is 0 Å². The van der Waals surface area contributed by atoms with E-state index < -0.39 is 67.3 Å². The number of carbonyl (C=O) groups is 4. The lowest BCUT2D eigenvalue weighted by Crippen LogP contribution is -2.61. The van der Waals surface area contributed by atoms with E-state index in [1.54, 1.807) is 0 Å². The van der Waals surface area contributed by atoms with Gasteiger partial charge in [-0.2, -0.15) is 0 Å². The first kappa shape index (κ1) is 71.6. The molecule has 1 aliphatic rings. The number of carboxylic acid groups (broad SMARTS) is 1. The van der Waals surface area contributed by atoms with Crippen LogP contribution >= 0.6 is 0 Å². The van der Waals surface area contributed by atoms with Crippen molar-refractivity contribution in [1.82, 2.24) is 0 Å². The molecule has 1 heterocycles. The van der Waals surface area contributed by atoms with Gasteiger partial charge in [-0.3, -0.25) is 14.4 Å². The van der Waals surface area contributed by atoms with Crippen LogP contribution in [0.1, 0.15) is 201 Å². The number of carboxylic acids is 1. The van der Waals surface area contributed by atoms with Gasteiger partial charge in [-0.15, -0.1) is 0 Å². The second kappa shape index (κ2) is 53.3. The summed E-state index contributed by atoms with van der Waals surface area (Å²) >= 11 is 0. The molecule has 0 saturated carbocycles. The lowest BCUT2D eigenvalue weighted by Gasteiger charge is -2.40. The van der Waals surface area contributed by atoms with Crippen LogP contribution in [0.3, 0.4) is 0 Å². The molecule has 0 radical (unpaired) electrons. The smallest absolute Gasteiger partial charge is 0.335 e. The average Bonchev–Trinajstić information content (AvgIpc) is 3.44. The fourth-order valence-electron chi connectivity index (χ4n) is 7.95. The van der Waals surface area contributed by atoms with E-state index in [0.29, 0.717) is 25.7 Å². The quantitative estimate of drug-likeness (QED) is 0.0228. The van der Waals surface area contributed by atoms with E-state index in [1.807, 2.05) is 12.2 Å². The fourth-order valence-corrected chi connectivity index (χ4v) is 7.95. The van der Waals surface area contributed by atoms with Crippen molar-refractivity contribution in [2.75, 3.05) is 13.2 Å². The Morgan fingerprint density at radius 2 is 0.785 bits per heavy atom. The molecule has 1 rings (SSSR count). The monoisotopic (exact) mass is 1100 g/mol. The summed E-state index contributed by atoms with van der Waals surface area (Å²) in [6.45, 7) is 5.55. The van der Waals surface area contributed by atoms with Crippen LogP contribution < -0.4 is 0 Å². The minimum atomic E-state index is -1.93. The minimum absolute atomic E-state index is 0.00855. The number of esters is 3. The summed E-state index contributed by atoms with van der Waals surface area (Å²) in [4.78, 5) is 51.1. The van der Waals surface area contributed by atoms with E-state index in [-0.39, 0.29) is 25.9 Å². The molecule has 79 heavy (non-hydrogen) atoms. The summed E-state index contributed by atoms with van der Waals surface area (Å²) in [5, 5.41) is 31.5. The van der Waals surface area contributed by atoms with Crippen LogP contribution in [-0.2, 0) is 42.9 Å². The number of aliphatic hydroxyl groups excluding tert-OH is 2. The van der Waals surface area contributed by atoms with Gasteiger partial charge >= 0.3 is 23.9 Å². The van der Waals surface area contributed by atoms with E-state index in [0.717, 1.165) is 135 Å². The third kappa shape index (κ3) is 43.1. The Hall–Kier alpha value is -5.40. The first-order chi connectivity index (χ1) is 38.6. The molecule has 442 valence electrons. The third-order valence-electron chi connectivity index (χ3n) is 12.4. The van der Waals surface area contributed by atoms with Crippen LogP contribution in [0.2, 0.25) is 0 Å². The molecule has 1 aliphatic heterocycles. The van der Waals surface area contributed by atoms with Crippen molar-refractivity contribution in [3.8, 4) is 0 Å². The van der Waals surface area contributed by atoms with Crippen LogP contribution in [0.4, 0.5) is 0 Å². The lowest BCUT2D eigenvalue weighted by atomic mass is 9.98. The number of carbonyl (C=O) groups excluding carboxylic acids is 3. The maximum absolute atomic E-state index is 13.2. The maximum atomic E-state index is 13.2. The second-order valence-electron chi connectivity index (χ2n) is 19.5. The van der Waals surface area contributed by atoms with Gasteiger partial charge < -0.3 is 39.0 Å². The molecule has 3 N–H and O–H groups in total. The van der Waals surface area contributed by atoms with Gasteiger partial charge in [-0.1, -0.05) is 205 Å². The molecule has 0 aromatic heterocycles. The van der Waals surface area contributed by atoms with Crippen molar-refractivity contribution < 1.29 is 58.2 Å². The van der Waals surface area contributed by atoms with E-state index in [9.17, 15) is 34.5 Å². The molecule has 1 fully saturated rings. The highest BCUT2D eigenvalue weighted by Crippen LogP contribution is 2.26. The van der Waals surface area contributed by atoms with Crippen LogP contribution in [-0.4, -0.2) is 89.2 Å². The van der Waals surface area contributed by atoms with Gasteiger partial charge in [0, 0.05) is 19.3 Å². The van der Waals surface area contributed by atoms with E-state index in [2.05, 4.69) is 154 Å². The number of hydrogen-bond acceptors (Lipinski definition) is 11. The number of hydrogen-bond donors (Lipinski definition) is 3. The molecule has 0 bridgehead atoms. The number of allylic oxidation sites excluding steroid dienone is 24. The Kier molecular flexibility index (Phi) is 48.3. The van der Waals surface area contributed by atoms with Crippen molar-refractivity contribution in [2.24, 2.45) is 0 Å². The summed E-state index contributed by atoms with van der Waals surface area (Å²) in [5.41, 5.74) is 0. The van der Waals surface area contributed by atoms with E-state index in [1.165, 1.54) is 0 Å². The van der Waals surface area contributed by atoms with Crippen molar-refractivity contribution in [3.05, 3.63) is 146 Å². The van der Waals surface area contributed by atoms with Gasteiger partial charge in [-0.05, 0) is 122 Å². The van der Waals surface area contributed by atoms with Gasteiger partial charge in [0.05, 0.1) is 6.61 Å². The zero-order chi connectivity index (χ0) is 57.5. The highest BCUT2D eigenvalue weighted by molar-refractivity contribution is 5.74. The number of ether oxygens (including phenoxy) is 5. The molecule has 0 spiro atoms. The predicted molar refractivity (Wildman–Crippen MR) is 321 cm³/mol. The van der Waals surface area contributed by atoms with Crippen molar-refractivity contribution >= 4 is 23.9 Å². The normalized spacial score (nSPS) is 18.9. The Labute approximate surface area is 476 Å². The Morgan fingerprint density at radius 1 is 0.418 bits per heavy atom. The number of aliphatic hydroxyl groups is 2. The second-order valence-corrected chi connectivity index (χ2v) is 19.5. The fraction of sp³-hybridized carbons (Fsp3) is 0.582. The van der Waals surface area contributed by atoms with Gasteiger partial charge in [0.1, 0.15) is 18.8 Å². The standard InChI is InChI=1S/C67H102O12/c1-4-7-10-13-16-19-22-25-27-29-30-32-33-36-38-41-44-47-50-53-59(68)75-56-58(77-60(69)54-51-48-45-42-40-37-34-31-28-26-23-20-17-14-11-8-5-2)57-76-67-65(63(72)62(71)64(79-67)66(73)74)78-61(70)55-52-49-46-43-39-35-24-21-18-15-12-9-6-3/h7-12,16-21,25-28,30,32,35-36,38-39,44,47,58,62-65,67,71-72H,4-6,13-15,22-24,29,31,33-34,37,40-43,45-46,48-57H2,1-3H3,(H,73,74)/b10-7-,11-8-,12-9-,19-16-,20-17-,21-18-,27-25-,28-26-,32-30-,38-36-,39-35-,47-44-. The highest BCUT2D eigenvalue weighted by atomic mass is 16.7. The Morgan fingerprint density at radius 3 is 1.22 bits per heavy atom. The summed E-state index contributed by atoms with van der Waals surface area (Å²) < 4.78 is 28.3. The van der Waals surface area contributed by atoms with Gasteiger partial charge in [-0.25, -0.2) is 4.79 Å². The van der Waals surface area contributed by atoms with E-state index in [4.69, 9.17) is 23.7 Å². The molecular formula is C67H102O12. The Balaban J connectivity index is 2.77. The molecular weight excluding hydrogens is 997 g/mol. The topological polar surface area (TPSA) is 175 Å². The SMILES string of the molecule is CC/C=C\C/C=C\C/C=C\C/C=C\C/C=C\C/C=C\CCC(=O)OCC(COC1OC(C(=O)O)C(O)C(O)C1OC(=O)CCCCC/C=C\C/C=C\C/C=C\CC)OC(=O)CCCCCCCCC/C=C\C/C=C\C/C=C\CC. The average molecular weight is 1100 g/mol. The maximum Gasteiger partial charge on any atom is 0.335 e. The van der Waals surface area contributed by atoms with Gasteiger partial charge in [0.15, 0.2) is 24.6 Å². The lowest BCUT2D eigenvalue weighted by molar-refractivity contribution is -0.301. The molecule has 0 aliphatic carbocycles. The van der Waals surface area contributed by atoms with Crippen LogP contribution in [0.5, 0.6) is 0 Å². The zero-order valence-corrected chi connectivity index (χ0v) is 48.5. The molecule has 6 atom stereocenters. The van der Waals surface area contributed by atoms with Crippen LogP contribution in [0, 0.1) is 0 Å². The summed E-state index contributed by atoms with van der Waals surface area (Å²) in [6, 6.07) is 0. The molecule has 1 saturated heterocycles. The molecule has 12 nitrogen and oxygen atoms in total. The molecule has 0 amide bonds. The molecule has 12 heteroatoms. The van der Waals surface area contributed by atoms with Crippen molar-refractivity contribution in [3.63, 3.8) is 0 Å². The first-order valence-electron chi connectivity index (χ1n) is 29.8. The molecule has 0 aromatic rings. The molecule has 0 aromatic carbocycles. The summed E-state index contributed by atoms with van der Waals surface area (Å²) in [6.07, 6.45) is 64.0. The predicted octanol–water partition coefficient (Wildman–Crippen LogP) is 15.6. The minimum Gasteiger partial charge on any atom is -0.479 e. The number of rotatable bonds is 48. The number of aliphatic carboxylic acids is 1. The largest absolute Gasteiger partial charge is 0.479 e. The number of unbranched alkanes of at least 4 members (excludes halogenated alkanes) is 10. The zero-order valence-electron chi connectivity index (χ0n) is 48.5. The first-order valence-corrected chi connectivity index (χ1v) is 29.8. The molecule has 6 unspecified atom stereocenters. The highest BCUT2D eigenvalue weighted by Gasteiger charge is 2.50. The van der Waals surface area contributed by atoms with Crippen molar-refractivity contribution in [1.29, 1.82) is 0 Å². The third-order valence-corrected chi connectivity index (χ3v) is 12.4. The van der Waals surface area contributed by atoms with Crippen molar-refractivity contribution in [2.45, 2.75) is 237 Å². The van der Waals surface area contributed by atoms with Gasteiger partial charge in [0.2, 0.25) is 0 Å². The summed E-state index contributed by atoms with van der Waals surface area (Å²) in [7, 11) is 0. The summed E-state index contributed by atoms with van der Waals surface area (Å²) in [5.74, 6) is -3.31. The van der Waals surface area contributed by atoms with E-state index >= 15 is 0 Å². The van der Waals surface area contributed by atoms with Crippen LogP contribution in [0.15, 0.2) is 146 Å².